The predicted octanol–water partition coefficient (Wildman–Crippen LogP) is 2.57. The van der Waals surface area contributed by atoms with Gasteiger partial charge in [-0.3, -0.25) is 0 Å². The van der Waals surface area contributed by atoms with Crippen molar-refractivity contribution in [3.63, 3.8) is 0 Å². The molecular weight excluding hydrogens is 249 g/mol. The summed E-state index contributed by atoms with van der Waals surface area (Å²) in [4.78, 5) is 11.0. The van der Waals surface area contributed by atoms with Crippen LogP contribution in [0.15, 0.2) is 18.2 Å². The van der Waals surface area contributed by atoms with Gasteiger partial charge < -0.3 is 15.2 Å². The first-order valence-electron chi connectivity index (χ1n) is 6.46. The van der Waals surface area contributed by atoms with Crippen molar-refractivity contribution < 1.29 is 19.0 Å². The Balaban J connectivity index is 2.81. The molecule has 1 aromatic carbocycles. The lowest BCUT2D eigenvalue weighted by Gasteiger charge is -2.15. The van der Waals surface area contributed by atoms with E-state index in [2.05, 4.69) is 5.32 Å². The minimum atomic E-state index is -1.03. The Kier molecular flexibility index (Phi) is 6.29. The quantitative estimate of drug-likeness (QED) is 0.761. The molecule has 5 heteroatoms. The van der Waals surface area contributed by atoms with Crippen LogP contribution in [0, 0.1) is 5.82 Å². The fraction of sp³-hybridized carbons (Fsp3) is 0.500. The fourth-order valence-corrected chi connectivity index (χ4v) is 1.72. The maximum Gasteiger partial charge on any atom is 0.344 e. The first-order chi connectivity index (χ1) is 9.06. The van der Waals surface area contributed by atoms with Crippen LogP contribution in [-0.4, -0.2) is 23.7 Å². The largest absolute Gasteiger partial charge is 0.479 e. The minimum absolute atomic E-state index is 0.258. The predicted molar refractivity (Wildman–Crippen MR) is 70.7 cm³/mol. The summed E-state index contributed by atoms with van der Waals surface area (Å²) in [7, 11) is 0. The average Bonchev–Trinajstić information content (AvgIpc) is 2.35. The van der Waals surface area contributed by atoms with Crippen LogP contribution in [0.5, 0.6) is 5.75 Å². The van der Waals surface area contributed by atoms with Crippen LogP contribution in [0.4, 0.5) is 4.39 Å². The number of carbonyl (C=O) groups is 1. The average molecular weight is 269 g/mol. The molecule has 0 bridgehead atoms. The first kappa shape index (κ1) is 15.4. The summed E-state index contributed by atoms with van der Waals surface area (Å²) in [6.07, 6.45) is 0.157. The standard InChI is InChI=1S/C14H20FNO3/c1-3-5-13(14(17)18)19-12-7-10(9-16-4-2)6-11(15)8-12/h6-8,13,16H,3-5,9H2,1-2H3,(H,17,18). The highest BCUT2D eigenvalue weighted by atomic mass is 19.1. The molecule has 1 aromatic rings. The van der Waals surface area contributed by atoms with Crippen molar-refractivity contribution in [1.29, 1.82) is 0 Å². The zero-order valence-electron chi connectivity index (χ0n) is 11.3. The summed E-state index contributed by atoms with van der Waals surface area (Å²) in [5.74, 6) is -1.20. The number of benzene rings is 1. The van der Waals surface area contributed by atoms with E-state index in [4.69, 9.17) is 9.84 Å². The normalized spacial score (nSPS) is 12.2. The maximum absolute atomic E-state index is 13.4. The Morgan fingerprint density at radius 3 is 2.74 bits per heavy atom. The summed E-state index contributed by atoms with van der Waals surface area (Å²) < 4.78 is 18.8. The van der Waals surface area contributed by atoms with Crippen molar-refractivity contribution in [3.05, 3.63) is 29.6 Å². The lowest BCUT2D eigenvalue weighted by atomic mass is 10.2. The van der Waals surface area contributed by atoms with Gasteiger partial charge in [-0.1, -0.05) is 20.3 Å². The molecule has 0 heterocycles. The fourth-order valence-electron chi connectivity index (χ4n) is 1.72. The van der Waals surface area contributed by atoms with Crippen molar-refractivity contribution >= 4 is 5.97 Å². The molecule has 1 rings (SSSR count). The molecule has 1 unspecified atom stereocenters. The third-order valence-corrected chi connectivity index (χ3v) is 2.61. The molecule has 0 fully saturated rings. The van der Waals surface area contributed by atoms with E-state index in [0.717, 1.165) is 12.1 Å². The second-order valence-electron chi connectivity index (χ2n) is 4.31. The summed E-state index contributed by atoms with van der Waals surface area (Å²) >= 11 is 0. The third-order valence-electron chi connectivity index (χ3n) is 2.61. The van der Waals surface area contributed by atoms with Gasteiger partial charge >= 0.3 is 5.97 Å². The number of halogens is 1. The lowest BCUT2D eigenvalue weighted by Crippen LogP contribution is -2.26. The van der Waals surface area contributed by atoms with Gasteiger partial charge in [0.05, 0.1) is 0 Å². The topological polar surface area (TPSA) is 58.6 Å². The van der Waals surface area contributed by atoms with Gasteiger partial charge in [0.1, 0.15) is 11.6 Å². The molecule has 0 aliphatic heterocycles. The van der Waals surface area contributed by atoms with E-state index in [-0.39, 0.29) is 5.75 Å². The molecule has 0 spiro atoms. The van der Waals surface area contributed by atoms with E-state index in [1.807, 2.05) is 13.8 Å². The Bertz CT molecular complexity index is 423. The second-order valence-corrected chi connectivity index (χ2v) is 4.31. The second kappa shape index (κ2) is 7.74. The Morgan fingerprint density at radius 2 is 2.16 bits per heavy atom. The van der Waals surface area contributed by atoms with E-state index in [0.29, 0.717) is 19.4 Å². The lowest BCUT2D eigenvalue weighted by molar-refractivity contribution is -0.145. The van der Waals surface area contributed by atoms with Gasteiger partial charge in [-0.15, -0.1) is 0 Å². The Labute approximate surface area is 112 Å². The summed E-state index contributed by atoms with van der Waals surface area (Å²) in [5.41, 5.74) is 0.734. The van der Waals surface area contributed by atoms with Gasteiger partial charge in [0, 0.05) is 12.6 Å². The highest BCUT2D eigenvalue weighted by Crippen LogP contribution is 2.19. The van der Waals surface area contributed by atoms with E-state index in [9.17, 15) is 9.18 Å². The molecule has 19 heavy (non-hydrogen) atoms. The summed E-state index contributed by atoms with van der Waals surface area (Å²) in [6.45, 7) is 5.14. The number of rotatable bonds is 8. The number of nitrogens with one attached hydrogen (secondary N) is 1. The molecule has 4 nitrogen and oxygen atoms in total. The summed E-state index contributed by atoms with van der Waals surface area (Å²) in [5, 5.41) is 12.1. The number of aliphatic carboxylic acids is 1. The van der Waals surface area contributed by atoms with Crippen LogP contribution < -0.4 is 10.1 Å². The van der Waals surface area contributed by atoms with E-state index in [1.165, 1.54) is 12.1 Å². The number of hydrogen-bond acceptors (Lipinski definition) is 3. The van der Waals surface area contributed by atoms with Gasteiger partial charge in [-0.2, -0.15) is 0 Å². The molecule has 0 aliphatic carbocycles. The van der Waals surface area contributed by atoms with Crippen LogP contribution in [0.2, 0.25) is 0 Å². The molecule has 1 atom stereocenters. The third kappa shape index (κ3) is 5.26. The zero-order valence-corrected chi connectivity index (χ0v) is 11.3. The number of hydrogen-bond donors (Lipinski definition) is 2. The molecule has 106 valence electrons. The molecular formula is C14H20FNO3. The molecule has 0 radical (unpaired) electrons. The van der Waals surface area contributed by atoms with Crippen molar-refractivity contribution in [2.45, 2.75) is 39.3 Å². The number of ether oxygens (including phenoxy) is 1. The van der Waals surface area contributed by atoms with Crippen molar-refractivity contribution in [3.8, 4) is 5.75 Å². The molecule has 0 aromatic heterocycles. The van der Waals surface area contributed by atoms with Crippen molar-refractivity contribution in [1.82, 2.24) is 5.32 Å². The van der Waals surface area contributed by atoms with Gasteiger partial charge in [-0.25, -0.2) is 9.18 Å². The van der Waals surface area contributed by atoms with Gasteiger partial charge in [0.2, 0.25) is 0 Å². The number of carboxylic acids is 1. The minimum Gasteiger partial charge on any atom is -0.479 e. The number of carboxylic acid groups (broad SMARTS) is 1. The first-order valence-corrected chi connectivity index (χ1v) is 6.46. The van der Waals surface area contributed by atoms with Gasteiger partial charge in [0.25, 0.3) is 0 Å². The highest BCUT2D eigenvalue weighted by molar-refractivity contribution is 5.72. The molecule has 0 saturated heterocycles. The monoisotopic (exact) mass is 269 g/mol. The molecule has 0 amide bonds. The van der Waals surface area contributed by atoms with Crippen LogP contribution in [0.25, 0.3) is 0 Å². The molecule has 2 N–H and O–H groups in total. The Hall–Kier alpha value is -1.62. The Morgan fingerprint density at radius 1 is 1.42 bits per heavy atom. The van der Waals surface area contributed by atoms with Crippen LogP contribution in [0.3, 0.4) is 0 Å². The van der Waals surface area contributed by atoms with Crippen molar-refractivity contribution in [2.24, 2.45) is 0 Å². The smallest absolute Gasteiger partial charge is 0.344 e. The van der Waals surface area contributed by atoms with Crippen LogP contribution in [-0.2, 0) is 11.3 Å². The van der Waals surface area contributed by atoms with E-state index < -0.39 is 17.9 Å². The van der Waals surface area contributed by atoms with E-state index >= 15 is 0 Å². The van der Waals surface area contributed by atoms with Gasteiger partial charge in [0.15, 0.2) is 6.10 Å². The van der Waals surface area contributed by atoms with Crippen LogP contribution >= 0.6 is 0 Å². The maximum atomic E-state index is 13.4. The van der Waals surface area contributed by atoms with Crippen LogP contribution in [0.1, 0.15) is 32.3 Å². The summed E-state index contributed by atoms with van der Waals surface area (Å²) in [6, 6.07) is 4.28. The highest BCUT2D eigenvalue weighted by Gasteiger charge is 2.18. The van der Waals surface area contributed by atoms with Gasteiger partial charge in [-0.05, 0) is 30.7 Å². The van der Waals surface area contributed by atoms with Crippen molar-refractivity contribution in [2.75, 3.05) is 6.54 Å². The molecule has 0 aliphatic rings. The molecule has 0 saturated carbocycles. The van der Waals surface area contributed by atoms with E-state index in [1.54, 1.807) is 6.07 Å². The SMILES string of the molecule is CCCC(Oc1cc(F)cc(CNCC)c1)C(=O)O. The zero-order chi connectivity index (χ0) is 14.3.